The Morgan fingerprint density at radius 1 is 0.917 bits per heavy atom. The lowest BCUT2D eigenvalue weighted by Gasteiger charge is -2.07. The fourth-order valence-corrected chi connectivity index (χ4v) is 0.787. The van der Waals surface area contributed by atoms with Crippen LogP contribution < -0.4 is 0 Å². The molecule has 0 saturated heterocycles. The molecule has 0 fully saturated rings. The molecule has 0 amide bonds. The number of halogens is 2. The van der Waals surface area contributed by atoms with Crippen LogP contribution in [0.5, 0.6) is 0 Å². The molecule has 74 valence electrons. The monoisotopic (exact) mass is 214 g/mol. The highest BCUT2D eigenvalue weighted by molar-refractivity contribution is 6.20. The Kier molecular flexibility index (Phi) is 8.45. The molecule has 2 unspecified atom stereocenters. The van der Waals surface area contributed by atoms with E-state index in [0.717, 1.165) is 0 Å². The predicted octanol–water partition coefficient (Wildman–Crippen LogP) is 2.27. The molecule has 0 N–H and O–H groups in total. The second-order valence-corrected chi connectivity index (χ2v) is 4.20. The van der Waals surface area contributed by atoms with E-state index >= 15 is 0 Å². The van der Waals surface area contributed by atoms with E-state index in [1.54, 1.807) is 0 Å². The molecule has 0 aromatic heterocycles. The van der Waals surface area contributed by atoms with Crippen LogP contribution in [0, 0.1) is 0 Å². The van der Waals surface area contributed by atoms with Crippen molar-refractivity contribution in [3.05, 3.63) is 0 Å². The van der Waals surface area contributed by atoms with Crippen LogP contribution in [0.15, 0.2) is 0 Å². The van der Waals surface area contributed by atoms with Crippen molar-refractivity contribution in [3.63, 3.8) is 0 Å². The third-order valence-corrected chi connectivity index (χ3v) is 1.32. The molecule has 12 heavy (non-hydrogen) atoms. The molecule has 0 rings (SSSR count). The second-order valence-electron chi connectivity index (χ2n) is 2.71. The van der Waals surface area contributed by atoms with Gasteiger partial charge >= 0.3 is 0 Å². The predicted molar refractivity (Wildman–Crippen MR) is 52.3 cm³/mol. The zero-order valence-electron chi connectivity index (χ0n) is 7.56. The van der Waals surface area contributed by atoms with Crippen molar-refractivity contribution in [1.82, 2.24) is 0 Å². The molecule has 4 heteroatoms. The zero-order valence-corrected chi connectivity index (χ0v) is 9.07. The smallest absolute Gasteiger partial charge is 0.0701 e. The minimum Gasteiger partial charge on any atom is -0.378 e. The Hall–Kier alpha value is 0.500. The van der Waals surface area contributed by atoms with Gasteiger partial charge in [0, 0.05) is 0 Å². The molecule has 0 aliphatic carbocycles. The summed E-state index contributed by atoms with van der Waals surface area (Å²) in [6.45, 7) is 6.09. The maximum atomic E-state index is 5.65. The fraction of sp³-hybridized carbons (Fsp3) is 1.00. The molecule has 0 aliphatic rings. The summed E-state index contributed by atoms with van der Waals surface area (Å²) < 4.78 is 10.4. The summed E-state index contributed by atoms with van der Waals surface area (Å²) in [4.78, 5) is 0. The first kappa shape index (κ1) is 12.5. The Labute approximate surface area is 84.1 Å². The molecule has 0 bridgehead atoms. The van der Waals surface area contributed by atoms with Crippen LogP contribution in [0.1, 0.15) is 13.8 Å². The molecular weight excluding hydrogens is 199 g/mol. The summed E-state index contributed by atoms with van der Waals surface area (Å²) in [6.07, 6.45) is 0. The lowest BCUT2D eigenvalue weighted by molar-refractivity contribution is 0.0499. The largest absolute Gasteiger partial charge is 0.378 e. The molecule has 0 heterocycles. The normalized spacial score (nSPS) is 16.0. The molecule has 0 aromatic carbocycles. The minimum atomic E-state index is 0.0666. The van der Waals surface area contributed by atoms with Crippen molar-refractivity contribution in [1.29, 1.82) is 0 Å². The lowest BCUT2D eigenvalue weighted by atomic mass is 10.5. The van der Waals surface area contributed by atoms with Crippen LogP contribution in [-0.2, 0) is 9.47 Å². The van der Waals surface area contributed by atoms with Crippen molar-refractivity contribution in [2.75, 3.05) is 26.4 Å². The van der Waals surface area contributed by atoms with E-state index < -0.39 is 0 Å². The van der Waals surface area contributed by atoms with Gasteiger partial charge in [-0.25, -0.2) is 0 Å². The minimum absolute atomic E-state index is 0.0666. The highest BCUT2D eigenvalue weighted by Gasteiger charge is 1.97. The number of hydrogen-bond acceptors (Lipinski definition) is 2. The van der Waals surface area contributed by atoms with Crippen molar-refractivity contribution in [3.8, 4) is 0 Å². The van der Waals surface area contributed by atoms with Crippen LogP contribution in [0.2, 0.25) is 0 Å². The molecule has 0 aromatic rings. The summed E-state index contributed by atoms with van der Waals surface area (Å²) in [5, 5.41) is 0.133. The Bertz CT molecular complexity index is 85.1. The van der Waals surface area contributed by atoms with E-state index in [0.29, 0.717) is 26.4 Å². The van der Waals surface area contributed by atoms with Gasteiger partial charge in [0.1, 0.15) is 0 Å². The summed E-state index contributed by atoms with van der Waals surface area (Å²) in [5.74, 6) is 0. The molecule has 0 spiro atoms. The number of rotatable bonds is 7. The molecule has 0 aliphatic heterocycles. The van der Waals surface area contributed by atoms with Gasteiger partial charge in [-0.1, -0.05) is 0 Å². The molecule has 2 atom stereocenters. The number of alkyl halides is 2. The first-order valence-electron chi connectivity index (χ1n) is 4.06. The average molecular weight is 215 g/mol. The topological polar surface area (TPSA) is 18.5 Å². The van der Waals surface area contributed by atoms with Crippen LogP contribution in [0.3, 0.4) is 0 Å². The summed E-state index contributed by atoms with van der Waals surface area (Å²) in [5.41, 5.74) is 0. The van der Waals surface area contributed by atoms with Gasteiger partial charge in [-0.15, -0.1) is 23.2 Å². The van der Waals surface area contributed by atoms with E-state index in [9.17, 15) is 0 Å². The molecule has 0 radical (unpaired) electrons. The molecule has 0 saturated carbocycles. The van der Waals surface area contributed by atoms with Crippen molar-refractivity contribution < 1.29 is 9.47 Å². The van der Waals surface area contributed by atoms with E-state index in [1.807, 2.05) is 13.8 Å². The standard InChI is InChI=1S/C8H16Cl2O2/c1-7(9)5-11-3-4-12-6-8(2)10/h7-8H,3-6H2,1-2H3. The van der Waals surface area contributed by atoms with E-state index in [1.165, 1.54) is 0 Å². The highest BCUT2D eigenvalue weighted by Crippen LogP contribution is 1.95. The van der Waals surface area contributed by atoms with Gasteiger partial charge in [-0.05, 0) is 13.8 Å². The number of ether oxygens (including phenoxy) is 2. The summed E-state index contributed by atoms with van der Waals surface area (Å²) >= 11 is 11.3. The fourth-order valence-electron chi connectivity index (χ4n) is 0.609. The quantitative estimate of drug-likeness (QED) is 0.479. The molecule has 2 nitrogen and oxygen atoms in total. The van der Waals surface area contributed by atoms with E-state index in [4.69, 9.17) is 32.7 Å². The average Bonchev–Trinajstić information content (AvgIpc) is 1.95. The Balaban J connectivity index is 2.91. The van der Waals surface area contributed by atoms with Crippen molar-refractivity contribution in [2.45, 2.75) is 24.6 Å². The first-order valence-corrected chi connectivity index (χ1v) is 4.94. The summed E-state index contributed by atoms with van der Waals surface area (Å²) in [6, 6.07) is 0. The SMILES string of the molecule is CC(Cl)COCCOCC(C)Cl. The van der Waals surface area contributed by atoms with Crippen molar-refractivity contribution in [2.24, 2.45) is 0 Å². The summed E-state index contributed by atoms with van der Waals surface area (Å²) in [7, 11) is 0. The maximum Gasteiger partial charge on any atom is 0.0701 e. The lowest BCUT2D eigenvalue weighted by Crippen LogP contribution is -2.12. The van der Waals surface area contributed by atoms with Gasteiger partial charge in [0.2, 0.25) is 0 Å². The van der Waals surface area contributed by atoms with Gasteiger partial charge in [0.25, 0.3) is 0 Å². The van der Waals surface area contributed by atoms with Gasteiger partial charge in [0.05, 0.1) is 37.2 Å². The van der Waals surface area contributed by atoms with Crippen LogP contribution in [0.25, 0.3) is 0 Å². The Morgan fingerprint density at radius 3 is 1.50 bits per heavy atom. The van der Waals surface area contributed by atoms with Crippen LogP contribution in [0.4, 0.5) is 0 Å². The van der Waals surface area contributed by atoms with Crippen LogP contribution in [-0.4, -0.2) is 37.2 Å². The van der Waals surface area contributed by atoms with Gasteiger partial charge in [-0.3, -0.25) is 0 Å². The Morgan fingerprint density at radius 2 is 1.25 bits per heavy atom. The highest BCUT2D eigenvalue weighted by atomic mass is 35.5. The van der Waals surface area contributed by atoms with Crippen LogP contribution >= 0.6 is 23.2 Å². The van der Waals surface area contributed by atoms with E-state index in [-0.39, 0.29) is 10.8 Å². The maximum absolute atomic E-state index is 5.65. The van der Waals surface area contributed by atoms with Gasteiger partial charge in [0.15, 0.2) is 0 Å². The third-order valence-electron chi connectivity index (χ3n) is 1.07. The van der Waals surface area contributed by atoms with Gasteiger partial charge in [-0.2, -0.15) is 0 Å². The zero-order chi connectivity index (χ0) is 9.40. The first-order chi connectivity index (χ1) is 5.63. The van der Waals surface area contributed by atoms with E-state index in [2.05, 4.69) is 0 Å². The molecular formula is C8H16Cl2O2. The second kappa shape index (κ2) is 8.11. The van der Waals surface area contributed by atoms with Gasteiger partial charge < -0.3 is 9.47 Å². The number of hydrogen-bond donors (Lipinski definition) is 0. The third kappa shape index (κ3) is 10.5. The van der Waals surface area contributed by atoms with Crippen molar-refractivity contribution >= 4 is 23.2 Å².